The van der Waals surface area contributed by atoms with E-state index in [-0.39, 0.29) is 11.8 Å². The van der Waals surface area contributed by atoms with Crippen molar-refractivity contribution in [1.82, 2.24) is 4.72 Å². The summed E-state index contributed by atoms with van der Waals surface area (Å²) in [5.41, 5.74) is 0.718. The first-order chi connectivity index (χ1) is 8.96. The van der Waals surface area contributed by atoms with E-state index in [1.54, 1.807) is 24.3 Å². The van der Waals surface area contributed by atoms with Gasteiger partial charge in [-0.05, 0) is 36.1 Å². The minimum atomic E-state index is -3.36. The number of nitrogens with one attached hydrogen (secondary N) is 1. The Kier molecular flexibility index (Phi) is 4.62. The predicted octanol–water partition coefficient (Wildman–Crippen LogP) is 3.58. The molecule has 0 fully saturated rings. The van der Waals surface area contributed by atoms with Crippen LogP contribution in [-0.4, -0.2) is 8.42 Å². The molecule has 19 heavy (non-hydrogen) atoms. The van der Waals surface area contributed by atoms with E-state index < -0.39 is 10.0 Å². The Morgan fingerprint density at radius 3 is 2.53 bits per heavy atom. The minimum absolute atomic E-state index is 0.0418. The fourth-order valence-electron chi connectivity index (χ4n) is 1.71. The van der Waals surface area contributed by atoms with Crippen molar-refractivity contribution in [2.45, 2.75) is 18.7 Å². The van der Waals surface area contributed by atoms with Crippen molar-refractivity contribution >= 4 is 33.0 Å². The highest BCUT2D eigenvalue weighted by atomic mass is 35.5. The second kappa shape index (κ2) is 6.05. The SMILES string of the molecule is C[C@H](NS(=O)(=O)Cc1ccc(Cl)cc1)c1cccs1. The van der Waals surface area contributed by atoms with Crippen LogP contribution in [0.1, 0.15) is 23.4 Å². The number of benzene rings is 1. The third-order valence-electron chi connectivity index (χ3n) is 2.60. The molecule has 0 bridgehead atoms. The normalized spacial score (nSPS) is 13.4. The zero-order valence-corrected chi connectivity index (χ0v) is 12.7. The van der Waals surface area contributed by atoms with Gasteiger partial charge in [0.15, 0.2) is 0 Å². The second-order valence-electron chi connectivity index (χ2n) is 4.24. The predicted molar refractivity (Wildman–Crippen MR) is 79.9 cm³/mol. The molecule has 1 heterocycles. The van der Waals surface area contributed by atoms with Gasteiger partial charge in [0.1, 0.15) is 0 Å². The molecular weight excluding hydrogens is 302 g/mol. The van der Waals surface area contributed by atoms with Gasteiger partial charge in [0.25, 0.3) is 0 Å². The van der Waals surface area contributed by atoms with E-state index in [0.717, 1.165) is 10.4 Å². The Labute approximate surface area is 122 Å². The number of halogens is 1. The number of thiophene rings is 1. The molecule has 0 aliphatic rings. The van der Waals surface area contributed by atoms with Gasteiger partial charge in [-0.3, -0.25) is 0 Å². The summed E-state index contributed by atoms with van der Waals surface area (Å²) < 4.78 is 26.8. The van der Waals surface area contributed by atoms with Crippen molar-refractivity contribution in [2.24, 2.45) is 0 Å². The quantitative estimate of drug-likeness (QED) is 0.916. The van der Waals surface area contributed by atoms with Crippen LogP contribution < -0.4 is 4.72 Å². The van der Waals surface area contributed by atoms with Crippen molar-refractivity contribution in [3.63, 3.8) is 0 Å². The molecule has 0 unspecified atom stereocenters. The number of hydrogen-bond acceptors (Lipinski definition) is 3. The van der Waals surface area contributed by atoms with Crippen LogP contribution in [0.5, 0.6) is 0 Å². The Bertz CT molecular complexity index is 621. The lowest BCUT2D eigenvalue weighted by molar-refractivity contribution is 0.567. The minimum Gasteiger partial charge on any atom is -0.212 e. The van der Waals surface area contributed by atoms with E-state index >= 15 is 0 Å². The van der Waals surface area contributed by atoms with E-state index in [4.69, 9.17) is 11.6 Å². The second-order valence-corrected chi connectivity index (χ2v) is 7.41. The highest BCUT2D eigenvalue weighted by molar-refractivity contribution is 7.88. The van der Waals surface area contributed by atoms with Gasteiger partial charge >= 0.3 is 0 Å². The van der Waals surface area contributed by atoms with Gasteiger partial charge in [-0.25, -0.2) is 13.1 Å². The number of hydrogen-bond donors (Lipinski definition) is 1. The Morgan fingerprint density at radius 1 is 1.26 bits per heavy atom. The lowest BCUT2D eigenvalue weighted by Crippen LogP contribution is -2.27. The zero-order valence-electron chi connectivity index (χ0n) is 10.3. The van der Waals surface area contributed by atoms with E-state index in [1.165, 1.54) is 11.3 Å². The molecular formula is C13H14ClNO2S2. The molecule has 102 valence electrons. The molecule has 1 atom stereocenters. The molecule has 0 aliphatic heterocycles. The molecule has 3 nitrogen and oxygen atoms in total. The van der Waals surface area contributed by atoms with Crippen LogP contribution in [0.2, 0.25) is 5.02 Å². The number of sulfonamides is 1. The Morgan fingerprint density at radius 2 is 1.95 bits per heavy atom. The maximum Gasteiger partial charge on any atom is 0.216 e. The van der Waals surface area contributed by atoms with Gasteiger partial charge in [0, 0.05) is 9.90 Å². The molecule has 1 aromatic carbocycles. The largest absolute Gasteiger partial charge is 0.216 e. The van der Waals surface area contributed by atoms with Crippen molar-refractivity contribution in [1.29, 1.82) is 0 Å². The monoisotopic (exact) mass is 315 g/mol. The molecule has 1 N–H and O–H groups in total. The maximum absolute atomic E-state index is 12.1. The van der Waals surface area contributed by atoms with Crippen LogP contribution in [0.3, 0.4) is 0 Å². The molecule has 0 saturated carbocycles. The summed E-state index contributed by atoms with van der Waals surface area (Å²) in [6.07, 6.45) is 0. The fraction of sp³-hybridized carbons (Fsp3) is 0.231. The third-order valence-corrected chi connectivity index (χ3v) is 5.33. The Balaban J connectivity index is 2.04. The van der Waals surface area contributed by atoms with Gasteiger partial charge in [-0.15, -0.1) is 11.3 Å². The summed E-state index contributed by atoms with van der Waals surface area (Å²) in [5.74, 6) is -0.0418. The summed E-state index contributed by atoms with van der Waals surface area (Å²) in [6.45, 7) is 1.84. The van der Waals surface area contributed by atoms with Crippen LogP contribution in [0.4, 0.5) is 0 Å². The van der Waals surface area contributed by atoms with Crippen molar-refractivity contribution < 1.29 is 8.42 Å². The summed E-state index contributed by atoms with van der Waals surface area (Å²) >= 11 is 7.31. The molecule has 0 aliphatic carbocycles. The lowest BCUT2D eigenvalue weighted by Gasteiger charge is -2.12. The van der Waals surface area contributed by atoms with Crippen molar-refractivity contribution in [3.05, 3.63) is 57.2 Å². The van der Waals surface area contributed by atoms with Gasteiger partial charge in [0.2, 0.25) is 10.0 Å². The van der Waals surface area contributed by atoms with Crippen molar-refractivity contribution in [3.8, 4) is 0 Å². The fourth-order valence-corrected chi connectivity index (χ4v) is 4.02. The molecule has 1 aromatic heterocycles. The molecule has 6 heteroatoms. The van der Waals surface area contributed by atoms with Crippen LogP contribution in [-0.2, 0) is 15.8 Å². The summed E-state index contributed by atoms with van der Waals surface area (Å²) in [5, 5.41) is 2.53. The molecule has 0 saturated heterocycles. The van der Waals surface area contributed by atoms with Crippen LogP contribution in [0.15, 0.2) is 41.8 Å². The molecule has 2 rings (SSSR count). The van der Waals surface area contributed by atoms with E-state index in [9.17, 15) is 8.42 Å². The number of rotatable bonds is 5. The zero-order chi connectivity index (χ0) is 13.9. The highest BCUT2D eigenvalue weighted by Gasteiger charge is 2.17. The summed E-state index contributed by atoms with van der Waals surface area (Å²) in [7, 11) is -3.36. The molecule has 2 aromatic rings. The van der Waals surface area contributed by atoms with Crippen LogP contribution in [0.25, 0.3) is 0 Å². The lowest BCUT2D eigenvalue weighted by atomic mass is 10.2. The molecule has 0 radical (unpaired) electrons. The van der Waals surface area contributed by atoms with Gasteiger partial charge < -0.3 is 0 Å². The highest BCUT2D eigenvalue weighted by Crippen LogP contribution is 2.20. The maximum atomic E-state index is 12.1. The van der Waals surface area contributed by atoms with Crippen LogP contribution in [0, 0.1) is 0 Å². The summed E-state index contributed by atoms with van der Waals surface area (Å²) in [6, 6.07) is 10.4. The molecule has 0 spiro atoms. The van der Waals surface area contributed by atoms with E-state index in [1.807, 2.05) is 24.4 Å². The third kappa shape index (κ3) is 4.31. The average Bonchev–Trinajstić information content (AvgIpc) is 2.85. The first-order valence-corrected chi connectivity index (χ1v) is 8.65. The Hall–Kier alpha value is -0.880. The first kappa shape index (κ1) is 14.5. The topological polar surface area (TPSA) is 46.2 Å². The molecule has 0 amide bonds. The van der Waals surface area contributed by atoms with Crippen molar-refractivity contribution in [2.75, 3.05) is 0 Å². The standard InChI is InChI=1S/C13H14ClNO2S2/c1-10(13-3-2-8-18-13)15-19(16,17)9-11-4-6-12(14)7-5-11/h2-8,10,15H,9H2,1H3/t10-/m0/s1. The smallest absolute Gasteiger partial charge is 0.212 e. The summed E-state index contributed by atoms with van der Waals surface area (Å²) in [4.78, 5) is 1.000. The van der Waals surface area contributed by atoms with Crippen LogP contribution >= 0.6 is 22.9 Å². The first-order valence-electron chi connectivity index (χ1n) is 5.74. The van der Waals surface area contributed by atoms with Gasteiger partial charge in [-0.1, -0.05) is 29.8 Å². The average molecular weight is 316 g/mol. The van der Waals surface area contributed by atoms with Gasteiger partial charge in [0.05, 0.1) is 11.8 Å². The van der Waals surface area contributed by atoms with E-state index in [0.29, 0.717) is 5.02 Å². The van der Waals surface area contributed by atoms with E-state index in [2.05, 4.69) is 4.72 Å². The van der Waals surface area contributed by atoms with Gasteiger partial charge in [-0.2, -0.15) is 0 Å².